The lowest BCUT2D eigenvalue weighted by atomic mass is 10.1. The number of piperazine rings is 1. The first-order chi connectivity index (χ1) is 14.7. The van der Waals surface area contributed by atoms with E-state index in [9.17, 15) is 9.59 Å². The number of unbranched alkanes of at least 4 members (excludes halogenated alkanes) is 2. The molecule has 0 atom stereocenters. The molecule has 1 aromatic heterocycles. The molecule has 0 N–H and O–H groups in total. The summed E-state index contributed by atoms with van der Waals surface area (Å²) in [5, 5.41) is 0.657. The SMILES string of the molecule is O=C(CCCCCn1cnc2ccccc2c1=O)N1CCN(c2ccccc2)CC1. The molecule has 1 fully saturated rings. The quantitative estimate of drug-likeness (QED) is 0.567. The summed E-state index contributed by atoms with van der Waals surface area (Å²) in [6.07, 6.45) is 4.86. The number of fused-ring (bicyclic) bond motifs is 1. The fourth-order valence-corrected chi connectivity index (χ4v) is 4.01. The first kappa shape index (κ1) is 20.1. The van der Waals surface area contributed by atoms with Crippen molar-refractivity contribution >= 4 is 22.5 Å². The minimum absolute atomic E-state index is 0.00737. The third-order valence-electron chi connectivity index (χ3n) is 5.77. The van der Waals surface area contributed by atoms with Gasteiger partial charge in [-0.3, -0.25) is 14.2 Å². The van der Waals surface area contributed by atoms with Gasteiger partial charge in [0.2, 0.25) is 5.91 Å². The summed E-state index contributed by atoms with van der Waals surface area (Å²) in [5.41, 5.74) is 1.97. The molecular weight excluding hydrogens is 376 g/mol. The molecule has 0 radical (unpaired) electrons. The number of rotatable bonds is 7. The van der Waals surface area contributed by atoms with E-state index in [1.54, 1.807) is 10.9 Å². The first-order valence-electron chi connectivity index (χ1n) is 10.7. The maximum atomic E-state index is 12.5. The van der Waals surface area contributed by atoms with Crippen LogP contribution in [0.5, 0.6) is 0 Å². The van der Waals surface area contributed by atoms with Gasteiger partial charge in [-0.15, -0.1) is 0 Å². The Morgan fingerprint density at radius 1 is 0.867 bits per heavy atom. The zero-order chi connectivity index (χ0) is 20.8. The highest BCUT2D eigenvalue weighted by molar-refractivity contribution is 5.77. The third kappa shape index (κ3) is 4.70. The predicted octanol–water partition coefficient (Wildman–Crippen LogP) is 3.31. The van der Waals surface area contributed by atoms with Gasteiger partial charge in [0.05, 0.1) is 17.2 Å². The molecule has 2 heterocycles. The normalized spacial score (nSPS) is 14.3. The van der Waals surface area contributed by atoms with Crippen molar-refractivity contribution in [2.75, 3.05) is 31.1 Å². The molecule has 0 saturated carbocycles. The zero-order valence-corrected chi connectivity index (χ0v) is 17.2. The Labute approximate surface area is 176 Å². The van der Waals surface area contributed by atoms with Crippen molar-refractivity contribution in [1.82, 2.24) is 14.5 Å². The maximum absolute atomic E-state index is 12.5. The highest BCUT2D eigenvalue weighted by atomic mass is 16.2. The van der Waals surface area contributed by atoms with Gasteiger partial charge in [-0.05, 0) is 37.1 Å². The Morgan fingerprint density at radius 2 is 1.60 bits per heavy atom. The average Bonchev–Trinajstić information content (AvgIpc) is 2.81. The first-order valence-corrected chi connectivity index (χ1v) is 10.7. The van der Waals surface area contributed by atoms with Gasteiger partial charge in [-0.2, -0.15) is 0 Å². The number of benzene rings is 2. The molecule has 6 heteroatoms. The predicted molar refractivity (Wildman–Crippen MR) is 120 cm³/mol. The van der Waals surface area contributed by atoms with Crippen LogP contribution in [0.1, 0.15) is 25.7 Å². The van der Waals surface area contributed by atoms with E-state index in [1.165, 1.54) is 5.69 Å². The van der Waals surface area contributed by atoms with Crippen LogP contribution < -0.4 is 10.5 Å². The third-order valence-corrected chi connectivity index (χ3v) is 5.77. The van der Waals surface area contributed by atoms with Crippen LogP contribution in [0.25, 0.3) is 10.9 Å². The van der Waals surface area contributed by atoms with Crippen molar-refractivity contribution < 1.29 is 4.79 Å². The Balaban J connectivity index is 1.18. The van der Waals surface area contributed by atoms with E-state index in [1.807, 2.05) is 35.2 Å². The number of anilines is 1. The molecule has 6 nitrogen and oxygen atoms in total. The fourth-order valence-electron chi connectivity index (χ4n) is 4.01. The average molecular weight is 405 g/mol. The smallest absolute Gasteiger partial charge is 0.261 e. The van der Waals surface area contributed by atoms with Crippen molar-refractivity contribution in [3.63, 3.8) is 0 Å². The summed E-state index contributed by atoms with van der Waals surface area (Å²) in [4.78, 5) is 33.7. The number of nitrogens with zero attached hydrogens (tertiary/aromatic N) is 4. The van der Waals surface area contributed by atoms with Crippen LogP contribution in [0, 0.1) is 0 Å². The molecule has 1 saturated heterocycles. The number of hydrogen-bond donors (Lipinski definition) is 0. The van der Waals surface area contributed by atoms with E-state index in [2.05, 4.69) is 34.1 Å². The van der Waals surface area contributed by atoms with Crippen LogP contribution in [-0.2, 0) is 11.3 Å². The Kier molecular flexibility index (Phi) is 6.42. The molecule has 156 valence electrons. The molecule has 1 amide bonds. The summed E-state index contributed by atoms with van der Waals surface area (Å²) in [7, 11) is 0. The molecule has 0 aliphatic carbocycles. The van der Waals surface area contributed by atoms with E-state index in [4.69, 9.17) is 0 Å². The summed E-state index contributed by atoms with van der Waals surface area (Å²) in [6.45, 7) is 3.97. The lowest BCUT2D eigenvalue weighted by Crippen LogP contribution is -2.48. The molecule has 30 heavy (non-hydrogen) atoms. The number of para-hydroxylation sites is 2. The van der Waals surface area contributed by atoms with Gasteiger partial charge in [-0.25, -0.2) is 4.98 Å². The number of amides is 1. The zero-order valence-electron chi connectivity index (χ0n) is 17.2. The van der Waals surface area contributed by atoms with Gasteiger partial charge < -0.3 is 9.80 Å². The van der Waals surface area contributed by atoms with Gasteiger partial charge in [0.1, 0.15) is 0 Å². The molecule has 0 spiro atoms. The lowest BCUT2D eigenvalue weighted by molar-refractivity contribution is -0.131. The van der Waals surface area contributed by atoms with Crippen molar-refractivity contribution in [2.45, 2.75) is 32.2 Å². The number of aryl methyl sites for hydroxylation is 1. The van der Waals surface area contributed by atoms with Gasteiger partial charge in [-0.1, -0.05) is 36.8 Å². The van der Waals surface area contributed by atoms with Crippen LogP contribution in [0.4, 0.5) is 5.69 Å². The van der Waals surface area contributed by atoms with Crippen LogP contribution in [0.2, 0.25) is 0 Å². The monoisotopic (exact) mass is 404 g/mol. The van der Waals surface area contributed by atoms with Crippen molar-refractivity contribution in [1.29, 1.82) is 0 Å². The Morgan fingerprint density at radius 3 is 2.40 bits per heavy atom. The van der Waals surface area contributed by atoms with Crippen molar-refractivity contribution in [3.05, 3.63) is 71.3 Å². The second kappa shape index (κ2) is 9.57. The number of carbonyl (C=O) groups excluding carboxylic acids is 1. The summed E-state index contributed by atoms with van der Waals surface area (Å²) in [5.74, 6) is 0.243. The van der Waals surface area contributed by atoms with Crippen molar-refractivity contribution in [2.24, 2.45) is 0 Å². The molecule has 0 bridgehead atoms. The number of carbonyl (C=O) groups is 1. The number of aromatic nitrogens is 2. The minimum atomic E-state index is 0.00737. The van der Waals surface area contributed by atoms with Gasteiger partial charge in [0.15, 0.2) is 0 Å². The summed E-state index contributed by atoms with van der Waals surface area (Å²) in [6, 6.07) is 17.8. The highest BCUT2D eigenvalue weighted by Crippen LogP contribution is 2.16. The van der Waals surface area contributed by atoms with E-state index in [0.29, 0.717) is 18.4 Å². The molecule has 1 aliphatic rings. The molecule has 3 aromatic rings. The molecule has 4 rings (SSSR count). The van der Waals surface area contributed by atoms with E-state index in [0.717, 1.165) is 51.0 Å². The largest absolute Gasteiger partial charge is 0.368 e. The maximum Gasteiger partial charge on any atom is 0.261 e. The second-order valence-electron chi connectivity index (χ2n) is 7.77. The molecule has 2 aromatic carbocycles. The van der Waals surface area contributed by atoms with E-state index in [-0.39, 0.29) is 11.5 Å². The van der Waals surface area contributed by atoms with Crippen LogP contribution in [-0.4, -0.2) is 46.5 Å². The lowest BCUT2D eigenvalue weighted by Gasteiger charge is -2.36. The standard InChI is InChI=1S/C24H28N4O2/c29-23(27-17-15-26(16-18-27)20-9-3-1-4-10-20)13-5-2-8-14-28-19-25-22-12-7-6-11-21(22)24(28)30/h1,3-4,6-7,9-12,19H,2,5,8,13-18H2. The van der Waals surface area contributed by atoms with E-state index < -0.39 is 0 Å². The summed E-state index contributed by atoms with van der Waals surface area (Å²) < 4.78 is 1.67. The van der Waals surface area contributed by atoms with Gasteiger partial charge >= 0.3 is 0 Å². The van der Waals surface area contributed by atoms with E-state index >= 15 is 0 Å². The Bertz CT molecular complexity index is 1040. The molecule has 1 aliphatic heterocycles. The van der Waals surface area contributed by atoms with Gasteiger partial charge in [0.25, 0.3) is 5.56 Å². The summed E-state index contributed by atoms with van der Waals surface area (Å²) >= 11 is 0. The molecule has 0 unspecified atom stereocenters. The highest BCUT2D eigenvalue weighted by Gasteiger charge is 2.20. The molecular formula is C24H28N4O2. The second-order valence-corrected chi connectivity index (χ2v) is 7.77. The van der Waals surface area contributed by atoms with Crippen molar-refractivity contribution in [3.8, 4) is 0 Å². The minimum Gasteiger partial charge on any atom is -0.368 e. The van der Waals surface area contributed by atoms with Crippen LogP contribution in [0.3, 0.4) is 0 Å². The number of hydrogen-bond acceptors (Lipinski definition) is 4. The fraction of sp³-hybridized carbons (Fsp3) is 0.375. The van der Waals surface area contributed by atoms with Gasteiger partial charge in [0, 0.05) is 44.8 Å². The topological polar surface area (TPSA) is 58.4 Å². The Hall–Kier alpha value is -3.15. The van der Waals surface area contributed by atoms with Crippen LogP contribution >= 0.6 is 0 Å². The van der Waals surface area contributed by atoms with Crippen LogP contribution in [0.15, 0.2) is 65.7 Å².